The molecule has 2 N–H and O–H groups in total. The SMILES string of the molecule is CN(C1=NC(=O)/C(=C/c2cc(Br)ccc2OCC(=O)O)S1)c1ccc(O)cc1. The number of aliphatic imine (C=N–C) groups is 1. The van der Waals surface area contributed by atoms with Gasteiger partial charge in [0.1, 0.15) is 11.5 Å². The number of thioether (sulfide) groups is 1. The number of ether oxygens (including phenoxy) is 1. The molecule has 144 valence electrons. The van der Waals surface area contributed by atoms with Crippen LogP contribution in [0, 0.1) is 0 Å². The van der Waals surface area contributed by atoms with Crippen molar-refractivity contribution in [2.24, 2.45) is 4.99 Å². The van der Waals surface area contributed by atoms with Crippen LogP contribution in [0.4, 0.5) is 5.69 Å². The lowest BCUT2D eigenvalue weighted by atomic mass is 10.2. The Hall–Kier alpha value is -2.78. The van der Waals surface area contributed by atoms with Crippen molar-refractivity contribution in [3.8, 4) is 11.5 Å². The number of aliphatic carboxylic acids is 1. The lowest BCUT2D eigenvalue weighted by Gasteiger charge is -2.17. The van der Waals surface area contributed by atoms with Crippen LogP contribution in [0.2, 0.25) is 0 Å². The number of hydrogen-bond acceptors (Lipinski definition) is 6. The Bertz CT molecular complexity index is 988. The summed E-state index contributed by atoms with van der Waals surface area (Å²) in [6, 6.07) is 11.6. The van der Waals surface area contributed by atoms with Gasteiger partial charge in [0, 0.05) is 22.8 Å². The molecule has 0 radical (unpaired) electrons. The van der Waals surface area contributed by atoms with E-state index in [2.05, 4.69) is 20.9 Å². The first-order chi connectivity index (χ1) is 13.3. The quantitative estimate of drug-likeness (QED) is 0.652. The summed E-state index contributed by atoms with van der Waals surface area (Å²) < 4.78 is 6.06. The van der Waals surface area contributed by atoms with Crippen molar-refractivity contribution in [1.82, 2.24) is 0 Å². The molecule has 3 rings (SSSR count). The smallest absolute Gasteiger partial charge is 0.341 e. The van der Waals surface area contributed by atoms with Gasteiger partial charge in [0.05, 0.1) is 4.91 Å². The molecule has 7 nitrogen and oxygen atoms in total. The van der Waals surface area contributed by atoms with E-state index < -0.39 is 18.5 Å². The number of nitrogens with zero attached hydrogens (tertiary/aromatic N) is 2. The number of benzene rings is 2. The van der Waals surface area contributed by atoms with E-state index in [1.165, 1.54) is 11.8 Å². The molecule has 0 aromatic heterocycles. The fourth-order valence-corrected chi connectivity index (χ4v) is 3.64. The standard InChI is InChI=1S/C19H15BrN2O5S/c1-22(13-3-5-14(23)6-4-13)19-21-18(26)16(28-19)9-11-8-12(20)2-7-15(11)27-10-17(24)25/h2-9,23H,10H2,1H3,(H,24,25)/b16-9-. The highest BCUT2D eigenvalue weighted by Crippen LogP contribution is 2.34. The molecule has 0 saturated heterocycles. The third kappa shape index (κ3) is 4.73. The first-order valence-electron chi connectivity index (χ1n) is 8.03. The Morgan fingerprint density at radius 2 is 2.00 bits per heavy atom. The Balaban J connectivity index is 1.83. The van der Waals surface area contributed by atoms with Gasteiger partial charge in [0.2, 0.25) is 0 Å². The van der Waals surface area contributed by atoms with Gasteiger partial charge in [-0.1, -0.05) is 15.9 Å². The molecule has 28 heavy (non-hydrogen) atoms. The van der Waals surface area contributed by atoms with E-state index in [0.717, 1.165) is 10.2 Å². The minimum absolute atomic E-state index is 0.151. The highest BCUT2D eigenvalue weighted by molar-refractivity contribution is 9.10. The normalized spacial score (nSPS) is 14.9. The Labute approximate surface area is 173 Å². The molecular formula is C19H15BrN2O5S. The number of aromatic hydroxyl groups is 1. The van der Waals surface area contributed by atoms with Gasteiger partial charge in [-0.3, -0.25) is 4.79 Å². The number of carbonyl (C=O) groups is 2. The van der Waals surface area contributed by atoms with Gasteiger partial charge in [0.15, 0.2) is 11.8 Å². The molecule has 0 bridgehead atoms. The van der Waals surface area contributed by atoms with Crippen LogP contribution in [-0.4, -0.2) is 40.9 Å². The molecule has 0 spiro atoms. The van der Waals surface area contributed by atoms with Crippen molar-refractivity contribution in [3.05, 3.63) is 57.4 Å². The summed E-state index contributed by atoms with van der Waals surface area (Å²) in [5.74, 6) is -0.978. The van der Waals surface area contributed by atoms with Crippen LogP contribution in [0.1, 0.15) is 5.56 Å². The van der Waals surface area contributed by atoms with Crippen LogP contribution in [0.5, 0.6) is 11.5 Å². The molecule has 0 fully saturated rings. The summed E-state index contributed by atoms with van der Waals surface area (Å²) in [6.07, 6.45) is 1.62. The van der Waals surface area contributed by atoms with Gasteiger partial charge in [-0.25, -0.2) is 4.79 Å². The van der Waals surface area contributed by atoms with Crippen molar-refractivity contribution in [2.45, 2.75) is 0 Å². The van der Waals surface area contributed by atoms with E-state index in [1.54, 1.807) is 60.5 Å². The van der Waals surface area contributed by atoms with Crippen molar-refractivity contribution < 1.29 is 24.5 Å². The molecule has 0 aliphatic carbocycles. The number of phenolic OH excluding ortho intramolecular Hbond substituents is 1. The summed E-state index contributed by atoms with van der Waals surface area (Å²) in [5.41, 5.74) is 1.33. The number of halogens is 1. The zero-order valence-corrected chi connectivity index (χ0v) is 17.0. The Morgan fingerprint density at radius 1 is 1.29 bits per heavy atom. The maximum Gasteiger partial charge on any atom is 0.341 e. The third-order valence-electron chi connectivity index (χ3n) is 3.74. The lowest BCUT2D eigenvalue weighted by molar-refractivity contribution is -0.139. The number of amides is 1. The van der Waals surface area contributed by atoms with Crippen molar-refractivity contribution in [3.63, 3.8) is 0 Å². The summed E-state index contributed by atoms with van der Waals surface area (Å²) >= 11 is 4.56. The van der Waals surface area contributed by atoms with E-state index in [0.29, 0.717) is 21.4 Å². The van der Waals surface area contributed by atoms with E-state index in [-0.39, 0.29) is 5.75 Å². The fraction of sp³-hybridized carbons (Fsp3) is 0.105. The van der Waals surface area contributed by atoms with Crippen LogP contribution >= 0.6 is 27.7 Å². The minimum Gasteiger partial charge on any atom is -0.508 e. The maximum atomic E-state index is 12.4. The number of rotatable bonds is 5. The van der Waals surface area contributed by atoms with Gasteiger partial charge in [-0.2, -0.15) is 4.99 Å². The summed E-state index contributed by atoms with van der Waals surface area (Å²) in [6.45, 7) is -0.482. The lowest BCUT2D eigenvalue weighted by Crippen LogP contribution is -2.21. The summed E-state index contributed by atoms with van der Waals surface area (Å²) in [7, 11) is 1.77. The second-order valence-electron chi connectivity index (χ2n) is 5.75. The van der Waals surface area contributed by atoms with Crippen molar-refractivity contribution in [1.29, 1.82) is 0 Å². The first kappa shape index (κ1) is 20.0. The Morgan fingerprint density at radius 3 is 2.68 bits per heavy atom. The molecule has 2 aromatic rings. The second-order valence-corrected chi connectivity index (χ2v) is 7.67. The molecule has 1 aliphatic rings. The zero-order valence-electron chi connectivity index (χ0n) is 14.6. The van der Waals surface area contributed by atoms with E-state index in [4.69, 9.17) is 9.84 Å². The third-order valence-corrected chi connectivity index (χ3v) is 5.30. The van der Waals surface area contributed by atoms with Crippen molar-refractivity contribution in [2.75, 3.05) is 18.6 Å². The number of anilines is 1. The van der Waals surface area contributed by atoms with Gasteiger partial charge >= 0.3 is 5.97 Å². The van der Waals surface area contributed by atoms with Crippen LogP contribution < -0.4 is 9.64 Å². The number of carboxylic acid groups (broad SMARTS) is 1. The first-order valence-corrected chi connectivity index (χ1v) is 9.64. The van der Waals surface area contributed by atoms with E-state index in [9.17, 15) is 14.7 Å². The van der Waals surface area contributed by atoms with Crippen LogP contribution in [0.3, 0.4) is 0 Å². The number of carboxylic acids is 1. The second kappa shape index (κ2) is 8.49. The molecule has 0 unspecified atom stereocenters. The topological polar surface area (TPSA) is 99.4 Å². The largest absolute Gasteiger partial charge is 0.508 e. The number of amidine groups is 1. The minimum atomic E-state index is -1.09. The monoisotopic (exact) mass is 462 g/mol. The molecule has 0 atom stereocenters. The molecule has 2 aromatic carbocycles. The fourth-order valence-electron chi connectivity index (χ4n) is 2.37. The van der Waals surface area contributed by atoms with Crippen LogP contribution in [-0.2, 0) is 9.59 Å². The van der Waals surface area contributed by atoms with Gasteiger partial charge in [-0.05, 0) is 60.3 Å². The highest BCUT2D eigenvalue weighted by Gasteiger charge is 2.25. The molecular weight excluding hydrogens is 448 g/mol. The highest BCUT2D eigenvalue weighted by atomic mass is 79.9. The van der Waals surface area contributed by atoms with Gasteiger partial charge in [0.25, 0.3) is 5.91 Å². The number of carbonyl (C=O) groups excluding carboxylic acids is 1. The zero-order chi connectivity index (χ0) is 20.3. The predicted octanol–water partition coefficient (Wildman–Crippen LogP) is 3.72. The van der Waals surface area contributed by atoms with E-state index >= 15 is 0 Å². The molecule has 1 aliphatic heterocycles. The van der Waals surface area contributed by atoms with E-state index in [1.807, 2.05) is 0 Å². The number of phenols is 1. The Kier molecular flexibility index (Phi) is 6.05. The molecule has 0 saturated carbocycles. The number of hydrogen-bond donors (Lipinski definition) is 2. The predicted molar refractivity (Wildman–Crippen MR) is 112 cm³/mol. The molecule has 1 heterocycles. The molecule has 9 heteroatoms. The van der Waals surface area contributed by atoms with Gasteiger partial charge in [-0.15, -0.1) is 0 Å². The average Bonchev–Trinajstić information content (AvgIpc) is 3.01. The maximum absolute atomic E-state index is 12.4. The summed E-state index contributed by atoms with van der Waals surface area (Å²) in [4.78, 5) is 29.3. The van der Waals surface area contributed by atoms with Crippen molar-refractivity contribution >= 4 is 56.5 Å². The average molecular weight is 463 g/mol. The van der Waals surface area contributed by atoms with Crippen LogP contribution in [0.15, 0.2) is 56.8 Å². The summed E-state index contributed by atoms with van der Waals surface area (Å²) in [5, 5.41) is 18.7. The molecule has 1 amide bonds. The van der Waals surface area contributed by atoms with Gasteiger partial charge < -0.3 is 19.8 Å². The van der Waals surface area contributed by atoms with Crippen LogP contribution in [0.25, 0.3) is 6.08 Å².